The molecule has 0 aliphatic heterocycles. The predicted octanol–water partition coefficient (Wildman–Crippen LogP) is 3.43. The minimum Gasteiger partial charge on any atom is -0.421 e. The Bertz CT molecular complexity index is 546. The Kier molecular flexibility index (Phi) is 4.37. The molecule has 0 aliphatic rings. The molecule has 5 heteroatoms. The molecule has 0 spiro atoms. The van der Waals surface area contributed by atoms with E-state index in [4.69, 9.17) is 4.42 Å². The largest absolute Gasteiger partial charge is 0.421 e. The van der Waals surface area contributed by atoms with Crippen LogP contribution >= 0.6 is 15.9 Å². The van der Waals surface area contributed by atoms with E-state index in [9.17, 15) is 0 Å². The van der Waals surface area contributed by atoms with Crippen molar-refractivity contribution in [2.45, 2.75) is 32.7 Å². The van der Waals surface area contributed by atoms with E-state index in [0.29, 0.717) is 11.8 Å². The van der Waals surface area contributed by atoms with Gasteiger partial charge in [0, 0.05) is 23.0 Å². The van der Waals surface area contributed by atoms with Gasteiger partial charge in [-0.15, -0.1) is 10.2 Å². The van der Waals surface area contributed by atoms with Crippen molar-refractivity contribution < 1.29 is 4.42 Å². The molecule has 4 nitrogen and oxygen atoms in total. The molecule has 1 N–H and O–H groups in total. The maximum absolute atomic E-state index is 5.67. The van der Waals surface area contributed by atoms with Crippen LogP contribution in [0.5, 0.6) is 0 Å². The molecule has 0 fully saturated rings. The van der Waals surface area contributed by atoms with Gasteiger partial charge in [-0.1, -0.05) is 12.1 Å². The van der Waals surface area contributed by atoms with Crippen LogP contribution in [0.1, 0.15) is 26.7 Å². The van der Waals surface area contributed by atoms with Crippen molar-refractivity contribution >= 4 is 15.9 Å². The van der Waals surface area contributed by atoms with Gasteiger partial charge in [-0.2, -0.15) is 0 Å². The van der Waals surface area contributed by atoms with Crippen LogP contribution in [-0.4, -0.2) is 22.3 Å². The number of nitrogens with zero attached hydrogens (tertiary/aromatic N) is 2. The number of hydrogen-bond donors (Lipinski definition) is 1. The van der Waals surface area contributed by atoms with E-state index in [1.54, 1.807) is 0 Å². The highest BCUT2D eigenvalue weighted by Crippen LogP contribution is 2.26. The normalized spacial score (nSPS) is 11.8. The summed E-state index contributed by atoms with van der Waals surface area (Å²) in [6, 6.07) is 7.82. The summed E-state index contributed by atoms with van der Waals surface area (Å²) in [7, 11) is 0. The van der Waals surface area contributed by atoms with Crippen molar-refractivity contribution in [1.29, 1.82) is 0 Å². The topological polar surface area (TPSA) is 51.0 Å². The van der Waals surface area contributed by atoms with Crippen LogP contribution in [0.2, 0.25) is 0 Å². The second-order valence-corrected chi connectivity index (χ2v) is 6.26. The van der Waals surface area contributed by atoms with Gasteiger partial charge >= 0.3 is 0 Å². The third-order valence-electron chi connectivity index (χ3n) is 2.57. The number of rotatable bonds is 4. The zero-order chi connectivity index (χ0) is 13.9. The lowest BCUT2D eigenvalue weighted by molar-refractivity contribution is 0.412. The third-order valence-corrected chi connectivity index (χ3v) is 3.26. The first-order valence-electron chi connectivity index (χ1n) is 6.28. The Morgan fingerprint density at radius 1 is 1.21 bits per heavy atom. The quantitative estimate of drug-likeness (QED) is 0.936. The highest BCUT2D eigenvalue weighted by Gasteiger charge is 2.12. The zero-order valence-corrected chi connectivity index (χ0v) is 13.0. The average Bonchev–Trinajstić information content (AvgIpc) is 2.76. The molecule has 1 aromatic carbocycles. The minimum absolute atomic E-state index is 0.102. The van der Waals surface area contributed by atoms with Gasteiger partial charge in [-0.3, -0.25) is 0 Å². The Hall–Kier alpha value is -1.20. The second-order valence-electron chi connectivity index (χ2n) is 5.41. The maximum Gasteiger partial charge on any atom is 0.248 e. The molecule has 19 heavy (non-hydrogen) atoms. The van der Waals surface area contributed by atoms with Crippen LogP contribution in [0.25, 0.3) is 11.5 Å². The molecule has 1 heterocycles. The maximum atomic E-state index is 5.67. The smallest absolute Gasteiger partial charge is 0.248 e. The number of hydrogen-bond acceptors (Lipinski definition) is 4. The molecule has 0 bridgehead atoms. The van der Waals surface area contributed by atoms with Gasteiger partial charge in [0.05, 0.1) is 5.56 Å². The van der Waals surface area contributed by atoms with Crippen LogP contribution in [0.3, 0.4) is 0 Å². The lowest BCUT2D eigenvalue weighted by Crippen LogP contribution is -2.37. The van der Waals surface area contributed by atoms with Gasteiger partial charge in [-0.05, 0) is 48.8 Å². The summed E-state index contributed by atoms with van der Waals surface area (Å²) in [5, 5.41) is 11.6. The van der Waals surface area contributed by atoms with Crippen molar-refractivity contribution in [1.82, 2.24) is 15.5 Å². The van der Waals surface area contributed by atoms with Crippen molar-refractivity contribution in [3.05, 3.63) is 34.6 Å². The standard InChI is InChI=1S/C14H18BrN3O/c1-14(2,3)16-9-8-12-17-18-13(19-12)10-6-4-5-7-11(10)15/h4-7,16H,8-9H2,1-3H3. The van der Waals surface area contributed by atoms with Crippen LogP contribution in [-0.2, 0) is 6.42 Å². The lowest BCUT2D eigenvalue weighted by Gasteiger charge is -2.19. The van der Waals surface area contributed by atoms with Crippen molar-refractivity contribution in [3.8, 4) is 11.5 Å². The van der Waals surface area contributed by atoms with Gasteiger partial charge in [0.1, 0.15) is 0 Å². The minimum atomic E-state index is 0.102. The first-order chi connectivity index (χ1) is 8.96. The second kappa shape index (κ2) is 5.84. The number of aromatic nitrogens is 2. The Balaban J connectivity index is 2.02. The Morgan fingerprint density at radius 3 is 2.63 bits per heavy atom. The number of nitrogens with one attached hydrogen (secondary N) is 1. The van der Waals surface area contributed by atoms with Gasteiger partial charge in [0.25, 0.3) is 0 Å². The van der Waals surface area contributed by atoms with E-state index < -0.39 is 0 Å². The van der Waals surface area contributed by atoms with Gasteiger partial charge < -0.3 is 9.73 Å². The fourth-order valence-electron chi connectivity index (χ4n) is 1.64. The van der Waals surface area contributed by atoms with Crippen LogP contribution in [0.15, 0.2) is 33.2 Å². The molecule has 102 valence electrons. The van der Waals surface area contributed by atoms with E-state index >= 15 is 0 Å². The first-order valence-corrected chi connectivity index (χ1v) is 7.07. The fraction of sp³-hybridized carbons (Fsp3) is 0.429. The molecule has 0 amide bonds. The van der Waals surface area contributed by atoms with Crippen molar-refractivity contribution in [2.75, 3.05) is 6.54 Å². The van der Waals surface area contributed by atoms with E-state index in [0.717, 1.165) is 23.0 Å². The van der Waals surface area contributed by atoms with E-state index in [2.05, 4.69) is 52.2 Å². The lowest BCUT2D eigenvalue weighted by atomic mass is 10.1. The molecule has 0 saturated carbocycles. The summed E-state index contributed by atoms with van der Waals surface area (Å²) < 4.78 is 6.63. The van der Waals surface area contributed by atoms with Gasteiger partial charge in [0.2, 0.25) is 11.8 Å². The van der Waals surface area contributed by atoms with Crippen molar-refractivity contribution in [3.63, 3.8) is 0 Å². The Labute approximate surface area is 121 Å². The first kappa shape index (κ1) is 14.2. The molecule has 0 aliphatic carbocycles. The number of benzene rings is 1. The van der Waals surface area contributed by atoms with Crippen molar-refractivity contribution in [2.24, 2.45) is 0 Å². The summed E-state index contributed by atoms with van der Waals surface area (Å²) in [5.74, 6) is 1.21. The molecular weight excluding hydrogens is 306 g/mol. The van der Waals surface area contributed by atoms with Crippen LogP contribution < -0.4 is 5.32 Å². The summed E-state index contributed by atoms with van der Waals surface area (Å²) in [6.07, 6.45) is 0.731. The van der Waals surface area contributed by atoms with Gasteiger partial charge in [0.15, 0.2) is 0 Å². The van der Waals surface area contributed by atoms with Gasteiger partial charge in [-0.25, -0.2) is 0 Å². The average molecular weight is 324 g/mol. The Morgan fingerprint density at radius 2 is 1.95 bits per heavy atom. The highest BCUT2D eigenvalue weighted by atomic mass is 79.9. The molecule has 0 radical (unpaired) electrons. The molecule has 1 aromatic heterocycles. The highest BCUT2D eigenvalue weighted by molar-refractivity contribution is 9.10. The summed E-state index contributed by atoms with van der Waals surface area (Å²) in [6.45, 7) is 7.22. The SMILES string of the molecule is CC(C)(C)NCCc1nnc(-c2ccccc2Br)o1. The third kappa shape index (κ3) is 4.14. The number of halogens is 1. The molecule has 2 aromatic rings. The summed E-state index contributed by atoms with van der Waals surface area (Å²) in [5.41, 5.74) is 1.02. The molecule has 0 saturated heterocycles. The molecule has 0 unspecified atom stereocenters. The summed E-state index contributed by atoms with van der Waals surface area (Å²) >= 11 is 3.48. The monoisotopic (exact) mass is 323 g/mol. The molecule has 0 atom stereocenters. The zero-order valence-electron chi connectivity index (χ0n) is 11.4. The van der Waals surface area contributed by atoms with E-state index in [1.165, 1.54) is 0 Å². The fourth-order valence-corrected chi connectivity index (χ4v) is 2.10. The molecule has 2 rings (SSSR count). The summed E-state index contributed by atoms with van der Waals surface area (Å²) in [4.78, 5) is 0. The van der Waals surface area contributed by atoms with Crippen LogP contribution in [0, 0.1) is 0 Å². The van der Waals surface area contributed by atoms with Crippen LogP contribution in [0.4, 0.5) is 0 Å². The van der Waals surface area contributed by atoms with E-state index in [-0.39, 0.29) is 5.54 Å². The molecular formula is C14H18BrN3O. The van der Waals surface area contributed by atoms with E-state index in [1.807, 2.05) is 24.3 Å². The predicted molar refractivity (Wildman–Crippen MR) is 78.9 cm³/mol.